The number of benzene rings is 2. The van der Waals surface area contributed by atoms with Crippen LogP contribution in [0.3, 0.4) is 0 Å². The van der Waals surface area contributed by atoms with Crippen molar-refractivity contribution in [2.45, 2.75) is 18.8 Å². The second-order valence-corrected chi connectivity index (χ2v) is 6.72. The Hall–Kier alpha value is -3.16. The summed E-state index contributed by atoms with van der Waals surface area (Å²) in [6.45, 7) is 0.859. The number of amides is 2. The Labute approximate surface area is 153 Å². The van der Waals surface area contributed by atoms with Crippen LogP contribution in [-0.2, 0) is 0 Å². The number of carbonyl (C=O) groups is 1. The van der Waals surface area contributed by atoms with Gasteiger partial charge < -0.3 is 20.2 Å². The number of likely N-dealkylation sites (tertiary alicyclic amines) is 1. The smallest absolute Gasteiger partial charge is 0.323 e. The zero-order chi connectivity index (χ0) is 19.0. The largest absolute Gasteiger partial charge is 0.324 e. The number of H-pyrrole nitrogens is 2. The van der Waals surface area contributed by atoms with Crippen molar-refractivity contribution in [3.8, 4) is 0 Å². The Bertz CT molecular complexity index is 1060. The molecule has 0 saturated carbocycles. The van der Waals surface area contributed by atoms with Gasteiger partial charge in [-0.15, -0.1) is 0 Å². The van der Waals surface area contributed by atoms with E-state index in [9.17, 15) is 18.4 Å². The van der Waals surface area contributed by atoms with Crippen LogP contribution in [-0.4, -0.2) is 34.0 Å². The highest BCUT2D eigenvalue weighted by Gasteiger charge is 2.27. The molecule has 0 radical (unpaired) electrons. The number of fused-ring (bicyclic) bond motifs is 1. The number of aromatic amines is 2. The third-order valence-corrected chi connectivity index (χ3v) is 4.87. The standard InChI is InChI=1S/C19H18F2N4O2/c20-12-3-5-15(21)14(8-12)11-2-1-7-25(10-11)19(27)22-13-4-6-16-17(9-13)24-18(26)23-16/h3-6,8-9,11H,1-2,7,10H2,(H,22,27)(H2,23,24,26)/t11-/m0/s1. The molecular weight excluding hydrogens is 354 g/mol. The fraction of sp³-hybridized carbons (Fsp3) is 0.263. The van der Waals surface area contributed by atoms with Gasteiger partial charge in [-0.05, 0) is 54.8 Å². The van der Waals surface area contributed by atoms with Crippen molar-refractivity contribution in [3.63, 3.8) is 0 Å². The van der Waals surface area contributed by atoms with Gasteiger partial charge in [0.25, 0.3) is 0 Å². The van der Waals surface area contributed by atoms with Crippen LogP contribution in [0.1, 0.15) is 24.3 Å². The Morgan fingerprint density at radius 3 is 2.78 bits per heavy atom. The lowest BCUT2D eigenvalue weighted by atomic mass is 9.90. The van der Waals surface area contributed by atoms with Gasteiger partial charge in [0.2, 0.25) is 0 Å². The first-order valence-electron chi connectivity index (χ1n) is 8.72. The Morgan fingerprint density at radius 1 is 1.11 bits per heavy atom. The molecule has 6 nitrogen and oxygen atoms in total. The van der Waals surface area contributed by atoms with Gasteiger partial charge in [0, 0.05) is 24.7 Å². The summed E-state index contributed by atoms with van der Waals surface area (Å²) in [5.41, 5.74) is 1.78. The van der Waals surface area contributed by atoms with E-state index in [2.05, 4.69) is 15.3 Å². The summed E-state index contributed by atoms with van der Waals surface area (Å²) in [6.07, 6.45) is 1.40. The van der Waals surface area contributed by atoms with E-state index in [1.54, 1.807) is 23.1 Å². The van der Waals surface area contributed by atoms with E-state index in [0.717, 1.165) is 12.1 Å². The third kappa shape index (κ3) is 3.55. The molecule has 1 atom stereocenters. The number of hydrogen-bond acceptors (Lipinski definition) is 2. The maximum atomic E-state index is 14.1. The van der Waals surface area contributed by atoms with E-state index in [4.69, 9.17) is 0 Å². The van der Waals surface area contributed by atoms with Crippen molar-refractivity contribution >= 4 is 22.8 Å². The van der Waals surface area contributed by atoms with E-state index in [1.165, 1.54) is 6.07 Å². The number of aromatic nitrogens is 2. The number of nitrogens with one attached hydrogen (secondary N) is 3. The summed E-state index contributed by atoms with van der Waals surface area (Å²) in [6, 6.07) is 8.16. The molecule has 8 heteroatoms. The van der Waals surface area contributed by atoms with Crippen LogP contribution >= 0.6 is 0 Å². The topological polar surface area (TPSA) is 81.0 Å². The quantitative estimate of drug-likeness (QED) is 0.643. The molecule has 140 valence electrons. The number of nitrogens with zero attached hydrogens (tertiary/aromatic N) is 1. The van der Waals surface area contributed by atoms with Crippen LogP contribution in [0.5, 0.6) is 0 Å². The van der Waals surface area contributed by atoms with Crippen LogP contribution in [0.15, 0.2) is 41.2 Å². The number of carbonyl (C=O) groups excluding carboxylic acids is 1. The van der Waals surface area contributed by atoms with Crippen LogP contribution in [0.2, 0.25) is 0 Å². The predicted molar refractivity (Wildman–Crippen MR) is 97.8 cm³/mol. The first kappa shape index (κ1) is 17.3. The zero-order valence-corrected chi connectivity index (χ0v) is 14.4. The summed E-state index contributed by atoms with van der Waals surface area (Å²) in [5.74, 6) is -1.18. The molecule has 1 aromatic heterocycles. The number of imidazole rings is 1. The van der Waals surface area contributed by atoms with E-state index in [0.29, 0.717) is 48.2 Å². The minimum absolute atomic E-state index is 0.247. The Balaban J connectivity index is 1.49. The first-order valence-corrected chi connectivity index (χ1v) is 8.72. The van der Waals surface area contributed by atoms with E-state index in [1.807, 2.05) is 0 Å². The lowest BCUT2D eigenvalue weighted by molar-refractivity contribution is 0.192. The Kier molecular flexibility index (Phi) is 4.39. The fourth-order valence-corrected chi connectivity index (χ4v) is 3.56. The molecule has 27 heavy (non-hydrogen) atoms. The van der Waals surface area contributed by atoms with Crippen molar-refractivity contribution in [1.82, 2.24) is 14.9 Å². The highest BCUT2D eigenvalue weighted by Crippen LogP contribution is 2.29. The van der Waals surface area contributed by atoms with Gasteiger partial charge >= 0.3 is 11.7 Å². The number of rotatable bonds is 2. The maximum Gasteiger partial charge on any atom is 0.323 e. The van der Waals surface area contributed by atoms with E-state index >= 15 is 0 Å². The average molecular weight is 372 g/mol. The molecule has 0 unspecified atom stereocenters. The number of anilines is 1. The summed E-state index contributed by atoms with van der Waals surface area (Å²) < 4.78 is 27.5. The SMILES string of the molecule is O=C(Nc1ccc2[nH]c(=O)[nH]c2c1)N1CCC[C@H](c2cc(F)ccc2F)C1. The summed E-state index contributed by atoms with van der Waals surface area (Å²) in [5, 5.41) is 2.79. The van der Waals surface area contributed by atoms with Gasteiger partial charge in [-0.3, -0.25) is 0 Å². The van der Waals surface area contributed by atoms with Crippen LogP contribution in [0.25, 0.3) is 11.0 Å². The normalized spacial score (nSPS) is 17.3. The van der Waals surface area contributed by atoms with Crippen molar-refractivity contribution in [1.29, 1.82) is 0 Å². The maximum absolute atomic E-state index is 14.1. The molecule has 2 aromatic carbocycles. The molecule has 4 rings (SSSR count). The van der Waals surface area contributed by atoms with Gasteiger partial charge in [-0.2, -0.15) is 0 Å². The van der Waals surface area contributed by atoms with Crippen LogP contribution in [0, 0.1) is 11.6 Å². The summed E-state index contributed by atoms with van der Waals surface area (Å²) >= 11 is 0. The monoisotopic (exact) mass is 372 g/mol. The minimum Gasteiger partial charge on any atom is -0.324 e. The molecule has 2 amide bonds. The van der Waals surface area contributed by atoms with E-state index < -0.39 is 11.6 Å². The molecule has 2 heterocycles. The second-order valence-electron chi connectivity index (χ2n) is 6.72. The molecule has 3 aromatic rings. The van der Waals surface area contributed by atoms with Crippen molar-refractivity contribution in [2.75, 3.05) is 18.4 Å². The molecule has 1 saturated heterocycles. The molecule has 3 N–H and O–H groups in total. The van der Waals surface area contributed by atoms with Crippen molar-refractivity contribution in [2.24, 2.45) is 0 Å². The predicted octanol–water partition coefficient (Wildman–Crippen LogP) is 3.55. The molecule has 0 spiro atoms. The average Bonchev–Trinajstić information content (AvgIpc) is 3.03. The number of urea groups is 1. The van der Waals surface area contributed by atoms with Crippen LogP contribution in [0.4, 0.5) is 19.3 Å². The summed E-state index contributed by atoms with van der Waals surface area (Å²) in [7, 11) is 0. The zero-order valence-electron chi connectivity index (χ0n) is 14.4. The van der Waals surface area contributed by atoms with Crippen molar-refractivity contribution in [3.05, 3.63) is 64.1 Å². The number of halogens is 2. The molecule has 0 bridgehead atoms. The molecule has 1 aliphatic heterocycles. The van der Waals surface area contributed by atoms with Gasteiger partial charge in [0.05, 0.1) is 11.0 Å². The van der Waals surface area contributed by atoms with Crippen LogP contribution < -0.4 is 11.0 Å². The van der Waals surface area contributed by atoms with Gasteiger partial charge in [0.15, 0.2) is 0 Å². The van der Waals surface area contributed by atoms with Crippen molar-refractivity contribution < 1.29 is 13.6 Å². The van der Waals surface area contributed by atoms with E-state index in [-0.39, 0.29) is 17.6 Å². The van der Waals surface area contributed by atoms with Gasteiger partial charge in [-0.1, -0.05) is 0 Å². The molecular formula is C19H18F2N4O2. The minimum atomic E-state index is -0.484. The molecule has 1 aliphatic rings. The lowest BCUT2D eigenvalue weighted by Crippen LogP contribution is -2.41. The highest BCUT2D eigenvalue weighted by molar-refractivity contribution is 5.92. The molecule has 0 aliphatic carbocycles. The first-order chi connectivity index (χ1) is 13.0. The Morgan fingerprint density at radius 2 is 1.93 bits per heavy atom. The summed E-state index contributed by atoms with van der Waals surface area (Å²) in [4.78, 5) is 30.8. The number of piperidine rings is 1. The number of hydrogen-bond donors (Lipinski definition) is 3. The molecule has 1 fully saturated rings. The van der Waals surface area contributed by atoms with Gasteiger partial charge in [0.1, 0.15) is 11.6 Å². The van der Waals surface area contributed by atoms with Gasteiger partial charge in [-0.25, -0.2) is 18.4 Å². The second kappa shape index (κ2) is 6.86. The highest BCUT2D eigenvalue weighted by atomic mass is 19.1. The fourth-order valence-electron chi connectivity index (χ4n) is 3.56. The third-order valence-electron chi connectivity index (χ3n) is 4.87. The lowest BCUT2D eigenvalue weighted by Gasteiger charge is -2.33.